The van der Waals surface area contributed by atoms with E-state index in [0.29, 0.717) is 11.8 Å². The minimum Gasteiger partial charge on any atom is -0.353 e. The summed E-state index contributed by atoms with van der Waals surface area (Å²) in [5.74, 6) is 0.827. The van der Waals surface area contributed by atoms with Gasteiger partial charge in [-0.1, -0.05) is 0 Å². The fraction of sp³-hybridized carbons (Fsp3) is 0.875. The third-order valence-electron chi connectivity index (χ3n) is 5.21. The lowest BCUT2D eigenvalue weighted by Crippen LogP contribution is -2.53. The maximum Gasteiger partial charge on any atom is 0.227 e. The van der Waals surface area contributed by atoms with Crippen molar-refractivity contribution in [3.63, 3.8) is 0 Å². The van der Waals surface area contributed by atoms with Crippen LogP contribution in [0.2, 0.25) is 0 Å². The molecule has 2 heterocycles. The summed E-state index contributed by atoms with van der Waals surface area (Å²) in [4.78, 5) is 26.5. The summed E-state index contributed by atoms with van der Waals surface area (Å²) in [6.45, 7) is 5.45. The van der Waals surface area contributed by atoms with Gasteiger partial charge in [0.1, 0.15) is 0 Å². The van der Waals surface area contributed by atoms with Crippen LogP contribution in [-0.2, 0) is 9.59 Å². The highest BCUT2D eigenvalue weighted by Gasteiger charge is 2.38. The van der Waals surface area contributed by atoms with E-state index in [0.717, 1.165) is 64.7 Å². The van der Waals surface area contributed by atoms with E-state index >= 15 is 0 Å². The number of piperidine rings is 2. The number of carbonyl (C=O) groups is 2. The maximum absolute atomic E-state index is 12.5. The van der Waals surface area contributed by atoms with Crippen molar-refractivity contribution in [2.75, 3.05) is 26.2 Å². The predicted molar refractivity (Wildman–Crippen MR) is 87.9 cm³/mol. The summed E-state index contributed by atoms with van der Waals surface area (Å²) < 4.78 is 0. The van der Waals surface area contributed by atoms with Crippen molar-refractivity contribution in [3.8, 4) is 0 Å². The second-order valence-electron chi connectivity index (χ2n) is 7.19. The Hall–Kier alpha value is -0.810. The van der Waals surface area contributed by atoms with Crippen molar-refractivity contribution in [2.24, 2.45) is 11.3 Å². The van der Waals surface area contributed by atoms with Gasteiger partial charge in [-0.3, -0.25) is 9.59 Å². The quantitative estimate of drug-likeness (QED) is 0.821. The van der Waals surface area contributed by atoms with Crippen LogP contribution in [0.25, 0.3) is 0 Å². The molecule has 0 aromatic rings. The SMILES string of the molecule is CC1(C(=O)NC2CCN(C(=O)C3CC3)CC2)CCCNC1.Cl. The molecule has 2 amide bonds. The van der Waals surface area contributed by atoms with Crippen LogP contribution in [0.5, 0.6) is 0 Å². The Morgan fingerprint density at radius 1 is 1.18 bits per heavy atom. The third kappa shape index (κ3) is 3.93. The van der Waals surface area contributed by atoms with Crippen LogP contribution in [0.1, 0.15) is 45.4 Å². The molecule has 126 valence electrons. The Morgan fingerprint density at radius 3 is 2.41 bits per heavy atom. The zero-order valence-corrected chi connectivity index (χ0v) is 14.2. The Balaban J connectivity index is 0.00000176. The molecule has 0 aromatic carbocycles. The van der Waals surface area contributed by atoms with Gasteiger partial charge in [0.25, 0.3) is 0 Å². The Kier molecular flexibility index (Phi) is 5.72. The molecule has 0 radical (unpaired) electrons. The van der Waals surface area contributed by atoms with E-state index < -0.39 is 0 Å². The average Bonchev–Trinajstić information content (AvgIpc) is 3.33. The molecular formula is C16H28ClN3O2. The molecule has 6 heteroatoms. The first-order valence-corrected chi connectivity index (χ1v) is 8.39. The summed E-state index contributed by atoms with van der Waals surface area (Å²) in [7, 11) is 0. The second kappa shape index (κ2) is 7.18. The average molecular weight is 330 g/mol. The number of hydrogen-bond acceptors (Lipinski definition) is 3. The lowest BCUT2D eigenvalue weighted by molar-refractivity contribution is -0.134. The van der Waals surface area contributed by atoms with Crippen LogP contribution in [-0.4, -0.2) is 48.9 Å². The number of nitrogens with zero attached hydrogens (tertiary/aromatic N) is 1. The summed E-state index contributed by atoms with van der Waals surface area (Å²) in [6, 6.07) is 0.236. The minimum atomic E-state index is -0.265. The number of nitrogens with one attached hydrogen (secondary N) is 2. The third-order valence-corrected chi connectivity index (χ3v) is 5.21. The molecule has 2 saturated heterocycles. The molecule has 5 nitrogen and oxygen atoms in total. The second-order valence-corrected chi connectivity index (χ2v) is 7.19. The highest BCUT2D eigenvalue weighted by molar-refractivity contribution is 5.85. The van der Waals surface area contributed by atoms with Crippen LogP contribution in [0.15, 0.2) is 0 Å². The van der Waals surface area contributed by atoms with Gasteiger partial charge in [-0.2, -0.15) is 0 Å². The Labute approximate surface area is 139 Å². The number of rotatable bonds is 3. The van der Waals surface area contributed by atoms with Gasteiger partial charge in [0.05, 0.1) is 5.41 Å². The lowest BCUT2D eigenvalue weighted by atomic mass is 9.81. The summed E-state index contributed by atoms with van der Waals surface area (Å²) in [5.41, 5.74) is -0.265. The van der Waals surface area contributed by atoms with Gasteiger partial charge >= 0.3 is 0 Å². The van der Waals surface area contributed by atoms with Gasteiger partial charge in [0.2, 0.25) is 11.8 Å². The monoisotopic (exact) mass is 329 g/mol. The molecular weight excluding hydrogens is 302 g/mol. The van der Waals surface area contributed by atoms with Gasteiger partial charge in [-0.05, 0) is 52.0 Å². The molecule has 0 bridgehead atoms. The summed E-state index contributed by atoms with van der Waals surface area (Å²) >= 11 is 0. The fourth-order valence-corrected chi connectivity index (χ4v) is 3.44. The molecule has 1 atom stereocenters. The molecule has 2 N–H and O–H groups in total. The molecule has 1 unspecified atom stereocenters. The van der Waals surface area contributed by atoms with Crippen molar-refractivity contribution < 1.29 is 9.59 Å². The van der Waals surface area contributed by atoms with E-state index in [1.54, 1.807) is 0 Å². The molecule has 22 heavy (non-hydrogen) atoms. The summed E-state index contributed by atoms with van der Waals surface area (Å²) in [6.07, 6.45) is 5.96. The van der Waals surface area contributed by atoms with E-state index in [9.17, 15) is 9.59 Å². The van der Waals surface area contributed by atoms with Gasteiger partial charge in [0.15, 0.2) is 0 Å². The highest BCUT2D eigenvalue weighted by atomic mass is 35.5. The molecule has 3 aliphatic rings. The van der Waals surface area contributed by atoms with Crippen molar-refractivity contribution in [1.29, 1.82) is 0 Å². The highest BCUT2D eigenvalue weighted by Crippen LogP contribution is 2.32. The number of amides is 2. The van der Waals surface area contributed by atoms with Gasteiger partial charge in [0, 0.05) is 31.6 Å². The topological polar surface area (TPSA) is 61.4 Å². The number of carbonyl (C=O) groups excluding carboxylic acids is 2. The molecule has 3 rings (SSSR count). The van der Waals surface area contributed by atoms with E-state index in [4.69, 9.17) is 0 Å². The largest absolute Gasteiger partial charge is 0.353 e. The molecule has 0 aromatic heterocycles. The Morgan fingerprint density at radius 2 is 1.86 bits per heavy atom. The predicted octanol–water partition coefficient (Wildman–Crippen LogP) is 1.32. The lowest BCUT2D eigenvalue weighted by Gasteiger charge is -2.37. The van der Waals surface area contributed by atoms with Crippen LogP contribution < -0.4 is 10.6 Å². The number of halogens is 1. The molecule has 1 saturated carbocycles. The molecule has 1 aliphatic carbocycles. The van der Waals surface area contributed by atoms with E-state index in [2.05, 4.69) is 17.6 Å². The smallest absolute Gasteiger partial charge is 0.227 e. The molecule has 2 aliphatic heterocycles. The normalized spacial score (nSPS) is 29.6. The number of likely N-dealkylation sites (tertiary alicyclic amines) is 1. The van der Waals surface area contributed by atoms with E-state index in [1.807, 2.05) is 4.90 Å². The van der Waals surface area contributed by atoms with Crippen LogP contribution in [0, 0.1) is 11.3 Å². The molecule has 0 spiro atoms. The van der Waals surface area contributed by atoms with Gasteiger partial charge in [-0.25, -0.2) is 0 Å². The van der Waals surface area contributed by atoms with Crippen LogP contribution in [0.4, 0.5) is 0 Å². The van der Waals surface area contributed by atoms with Crippen molar-refractivity contribution in [2.45, 2.75) is 51.5 Å². The fourth-order valence-electron chi connectivity index (χ4n) is 3.44. The first kappa shape index (κ1) is 17.5. The van der Waals surface area contributed by atoms with Crippen LogP contribution in [0.3, 0.4) is 0 Å². The maximum atomic E-state index is 12.5. The minimum absolute atomic E-state index is 0. The van der Waals surface area contributed by atoms with Crippen molar-refractivity contribution in [3.05, 3.63) is 0 Å². The van der Waals surface area contributed by atoms with Crippen molar-refractivity contribution in [1.82, 2.24) is 15.5 Å². The first-order chi connectivity index (χ1) is 10.1. The number of hydrogen-bond donors (Lipinski definition) is 2. The zero-order chi connectivity index (χ0) is 14.9. The van der Waals surface area contributed by atoms with E-state index in [1.165, 1.54) is 0 Å². The zero-order valence-electron chi connectivity index (χ0n) is 13.4. The van der Waals surface area contributed by atoms with Crippen molar-refractivity contribution >= 4 is 24.2 Å². The standard InChI is InChI=1S/C16H27N3O2.ClH/c1-16(7-2-8-17-11-16)15(21)18-13-5-9-19(10-6-13)14(20)12-3-4-12;/h12-13,17H,2-11H2,1H3,(H,18,21);1H. The first-order valence-electron chi connectivity index (χ1n) is 8.39. The van der Waals surface area contributed by atoms with Crippen LogP contribution >= 0.6 is 12.4 Å². The summed E-state index contributed by atoms with van der Waals surface area (Å²) in [5, 5.41) is 6.54. The molecule has 3 fully saturated rings. The van der Waals surface area contributed by atoms with E-state index in [-0.39, 0.29) is 29.8 Å². The Bertz CT molecular complexity index is 412. The van der Waals surface area contributed by atoms with Gasteiger partial charge in [-0.15, -0.1) is 12.4 Å². The van der Waals surface area contributed by atoms with Gasteiger partial charge < -0.3 is 15.5 Å².